The zero-order valence-corrected chi connectivity index (χ0v) is 14.1. The van der Waals surface area contributed by atoms with Crippen LogP contribution in [0.25, 0.3) is 6.08 Å². The smallest absolute Gasteiger partial charge is 0.246 e. The Kier molecular flexibility index (Phi) is 6.58. The molecule has 7 heteroatoms. The highest BCUT2D eigenvalue weighted by Crippen LogP contribution is 2.25. The van der Waals surface area contributed by atoms with Crippen LogP contribution >= 0.6 is 0 Å². The Balaban J connectivity index is 3.13. The maximum Gasteiger partial charge on any atom is 0.246 e. The number of carbonyl (C=O) groups is 1. The van der Waals surface area contributed by atoms with Gasteiger partial charge in [0.15, 0.2) is 0 Å². The zero-order chi connectivity index (χ0) is 16.8. The maximum absolute atomic E-state index is 12.0. The fraction of sp³-hybridized carbons (Fsp3) is 0.400. The SMILES string of the molecule is CCN(CC)C(=O)/C=C/c1ccc(OC)c(S(=O)(=O)NC)c1. The average molecular weight is 326 g/mol. The van der Waals surface area contributed by atoms with Crippen molar-refractivity contribution in [3.63, 3.8) is 0 Å². The molecule has 0 spiro atoms. The van der Waals surface area contributed by atoms with Crippen molar-refractivity contribution >= 4 is 22.0 Å². The van der Waals surface area contributed by atoms with Crippen LogP contribution in [0.2, 0.25) is 0 Å². The van der Waals surface area contributed by atoms with Gasteiger partial charge in [0.2, 0.25) is 15.9 Å². The lowest BCUT2D eigenvalue weighted by Crippen LogP contribution is -2.28. The van der Waals surface area contributed by atoms with Gasteiger partial charge in [-0.2, -0.15) is 0 Å². The van der Waals surface area contributed by atoms with Crippen LogP contribution in [0.5, 0.6) is 5.75 Å². The van der Waals surface area contributed by atoms with Gasteiger partial charge in [0, 0.05) is 19.2 Å². The molecule has 1 aromatic carbocycles. The number of hydrogen-bond donors (Lipinski definition) is 1. The summed E-state index contributed by atoms with van der Waals surface area (Å²) in [4.78, 5) is 13.6. The summed E-state index contributed by atoms with van der Waals surface area (Å²) in [6.07, 6.45) is 3.03. The lowest BCUT2D eigenvalue weighted by molar-refractivity contribution is -0.125. The van der Waals surface area contributed by atoms with Crippen molar-refractivity contribution in [2.24, 2.45) is 0 Å². The molecule has 0 aliphatic rings. The van der Waals surface area contributed by atoms with Gasteiger partial charge in [-0.3, -0.25) is 4.79 Å². The second-order valence-electron chi connectivity index (χ2n) is 4.46. The number of methoxy groups -OCH3 is 1. The molecule has 0 heterocycles. The molecule has 0 radical (unpaired) electrons. The number of hydrogen-bond acceptors (Lipinski definition) is 4. The first kappa shape index (κ1) is 18.2. The van der Waals surface area contributed by atoms with E-state index in [-0.39, 0.29) is 16.6 Å². The second kappa shape index (κ2) is 7.95. The maximum atomic E-state index is 12.0. The summed E-state index contributed by atoms with van der Waals surface area (Å²) in [6, 6.07) is 4.72. The largest absolute Gasteiger partial charge is 0.495 e. The van der Waals surface area contributed by atoms with Crippen LogP contribution in [-0.4, -0.2) is 46.5 Å². The van der Waals surface area contributed by atoms with Gasteiger partial charge in [-0.1, -0.05) is 6.07 Å². The van der Waals surface area contributed by atoms with E-state index in [0.29, 0.717) is 18.7 Å². The zero-order valence-electron chi connectivity index (χ0n) is 13.3. The van der Waals surface area contributed by atoms with Gasteiger partial charge in [0.1, 0.15) is 10.6 Å². The first-order chi connectivity index (χ1) is 10.4. The highest BCUT2D eigenvalue weighted by molar-refractivity contribution is 7.89. The number of nitrogens with zero attached hydrogens (tertiary/aromatic N) is 1. The second-order valence-corrected chi connectivity index (χ2v) is 6.32. The Hall–Kier alpha value is -1.86. The van der Waals surface area contributed by atoms with Crippen molar-refractivity contribution in [3.05, 3.63) is 29.8 Å². The topological polar surface area (TPSA) is 75.7 Å². The summed E-state index contributed by atoms with van der Waals surface area (Å²) in [5, 5.41) is 0. The quantitative estimate of drug-likeness (QED) is 0.770. The Labute approximate surface area is 131 Å². The normalized spacial score (nSPS) is 11.6. The Morgan fingerprint density at radius 2 is 1.95 bits per heavy atom. The number of ether oxygens (including phenoxy) is 1. The van der Waals surface area contributed by atoms with E-state index in [1.54, 1.807) is 23.1 Å². The van der Waals surface area contributed by atoms with Crippen LogP contribution in [0.1, 0.15) is 19.4 Å². The third-order valence-corrected chi connectivity index (χ3v) is 4.67. The van der Waals surface area contributed by atoms with Gasteiger partial charge < -0.3 is 9.64 Å². The third kappa shape index (κ3) is 4.32. The Morgan fingerprint density at radius 1 is 1.32 bits per heavy atom. The summed E-state index contributed by atoms with van der Waals surface area (Å²) in [5.74, 6) is 0.139. The number of likely N-dealkylation sites (N-methyl/N-ethyl adjacent to an activating group) is 1. The molecule has 0 saturated heterocycles. The predicted molar refractivity (Wildman–Crippen MR) is 86.2 cm³/mol. The van der Waals surface area contributed by atoms with Crippen LogP contribution in [0, 0.1) is 0 Å². The molecule has 0 atom stereocenters. The van der Waals surface area contributed by atoms with E-state index in [2.05, 4.69) is 4.72 Å². The van der Waals surface area contributed by atoms with Crippen molar-refractivity contribution in [1.82, 2.24) is 9.62 Å². The third-order valence-electron chi connectivity index (χ3n) is 3.24. The van der Waals surface area contributed by atoms with Crippen molar-refractivity contribution < 1.29 is 17.9 Å². The molecule has 122 valence electrons. The van der Waals surface area contributed by atoms with Gasteiger partial charge >= 0.3 is 0 Å². The molecule has 0 saturated carbocycles. The molecule has 0 unspecified atom stereocenters. The van der Waals surface area contributed by atoms with E-state index in [1.807, 2.05) is 13.8 Å². The Morgan fingerprint density at radius 3 is 2.45 bits per heavy atom. The number of rotatable bonds is 7. The number of benzene rings is 1. The minimum atomic E-state index is -3.63. The summed E-state index contributed by atoms with van der Waals surface area (Å²) in [6.45, 7) is 5.06. The molecule has 0 aliphatic carbocycles. The van der Waals surface area contributed by atoms with Crippen LogP contribution in [0.4, 0.5) is 0 Å². The van der Waals surface area contributed by atoms with Crippen LogP contribution in [-0.2, 0) is 14.8 Å². The lowest BCUT2D eigenvalue weighted by Gasteiger charge is -2.15. The molecule has 0 fully saturated rings. The molecule has 1 rings (SSSR count). The van der Waals surface area contributed by atoms with E-state index in [1.165, 1.54) is 26.3 Å². The molecule has 1 N–H and O–H groups in total. The highest BCUT2D eigenvalue weighted by atomic mass is 32.2. The van der Waals surface area contributed by atoms with Gasteiger partial charge in [0.25, 0.3) is 0 Å². The van der Waals surface area contributed by atoms with E-state index in [4.69, 9.17) is 4.74 Å². The highest BCUT2D eigenvalue weighted by Gasteiger charge is 2.17. The summed E-state index contributed by atoms with van der Waals surface area (Å²) < 4.78 is 31.3. The molecule has 0 aliphatic heterocycles. The van der Waals surface area contributed by atoms with Crippen molar-refractivity contribution in [3.8, 4) is 5.75 Å². The minimum absolute atomic E-state index is 0.0370. The molecule has 0 bridgehead atoms. The minimum Gasteiger partial charge on any atom is -0.495 e. The summed E-state index contributed by atoms with van der Waals surface area (Å²) >= 11 is 0. The first-order valence-electron chi connectivity index (χ1n) is 6.98. The van der Waals surface area contributed by atoms with Gasteiger partial charge in [0.05, 0.1) is 7.11 Å². The van der Waals surface area contributed by atoms with E-state index < -0.39 is 10.0 Å². The number of carbonyl (C=O) groups excluding carboxylic acids is 1. The standard InChI is InChI=1S/C15H22N2O4S/c1-5-17(6-2)15(18)10-8-12-7-9-13(21-4)14(11-12)22(19,20)16-3/h7-11,16H,5-6H2,1-4H3/b10-8+. The van der Waals surface area contributed by atoms with Gasteiger partial charge in [-0.05, 0) is 44.7 Å². The predicted octanol–water partition coefficient (Wildman–Crippen LogP) is 1.48. The fourth-order valence-electron chi connectivity index (χ4n) is 1.93. The monoisotopic (exact) mass is 326 g/mol. The van der Waals surface area contributed by atoms with Crippen molar-refractivity contribution in [2.45, 2.75) is 18.7 Å². The number of sulfonamides is 1. The average Bonchev–Trinajstić information content (AvgIpc) is 2.53. The summed E-state index contributed by atoms with van der Waals surface area (Å²) in [7, 11) is -0.891. The number of nitrogens with one attached hydrogen (secondary N) is 1. The Bertz CT molecular complexity index is 650. The van der Waals surface area contributed by atoms with Crippen molar-refractivity contribution in [1.29, 1.82) is 0 Å². The first-order valence-corrected chi connectivity index (χ1v) is 8.46. The molecule has 1 amide bonds. The number of amides is 1. The van der Waals surface area contributed by atoms with Crippen LogP contribution in [0.15, 0.2) is 29.2 Å². The van der Waals surface area contributed by atoms with Crippen LogP contribution < -0.4 is 9.46 Å². The lowest BCUT2D eigenvalue weighted by atomic mass is 10.2. The molecule has 22 heavy (non-hydrogen) atoms. The molecule has 6 nitrogen and oxygen atoms in total. The molecule has 0 aromatic heterocycles. The van der Waals surface area contributed by atoms with Crippen molar-refractivity contribution in [2.75, 3.05) is 27.2 Å². The van der Waals surface area contributed by atoms with Gasteiger partial charge in [-0.25, -0.2) is 13.1 Å². The van der Waals surface area contributed by atoms with Crippen LogP contribution in [0.3, 0.4) is 0 Å². The van der Waals surface area contributed by atoms with E-state index in [0.717, 1.165) is 0 Å². The molecular formula is C15H22N2O4S. The fourth-order valence-corrected chi connectivity index (χ4v) is 2.85. The van der Waals surface area contributed by atoms with E-state index >= 15 is 0 Å². The van der Waals surface area contributed by atoms with Gasteiger partial charge in [-0.15, -0.1) is 0 Å². The molecule has 1 aromatic rings. The molecular weight excluding hydrogens is 304 g/mol. The summed E-state index contributed by atoms with van der Waals surface area (Å²) in [5.41, 5.74) is 0.607. The van der Waals surface area contributed by atoms with E-state index in [9.17, 15) is 13.2 Å².